The Hall–Kier alpha value is -3.01. The maximum absolute atomic E-state index is 12.0. The van der Waals surface area contributed by atoms with Gasteiger partial charge < -0.3 is 10.2 Å². The summed E-state index contributed by atoms with van der Waals surface area (Å²) in [5.41, 5.74) is 1.80. The van der Waals surface area contributed by atoms with Gasteiger partial charge in [0, 0.05) is 38.1 Å². The molecule has 0 bridgehead atoms. The molecule has 3 heterocycles. The summed E-state index contributed by atoms with van der Waals surface area (Å²) in [5, 5.41) is 17.6. The van der Waals surface area contributed by atoms with Crippen LogP contribution >= 0.6 is 0 Å². The van der Waals surface area contributed by atoms with E-state index in [1.54, 1.807) is 17.8 Å². The van der Waals surface area contributed by atoms with Crippen molar-refractivity contribution in [2.75, 3.05) is 37.8 Å². The third kappa shape index (κ3) is 3.66. The van der Waals surface area contributed by atoms with Gasteiger partial charge in [0.05, 0.1) is 6.20 Å². The smallest absolute Gasteiger partial charge is 0.280 e. The molecule has 10 heteroatoms. The second-order valence-corrected chi connectivity index (χ2v) is 5.62. The van der Waals surface area contributed by atoms with Crippen LogP contribution in [0.15, 0.2) is 24.5 Å². The number of amides is 1. The van der Waals surface area contributed by atoms with Crippen molar-refractivity contribution in [3.63, 3.8) is 0 Å². The molecule has 0 radical (unpaired) electrons. The Balaban J connectivity index is 1.70. The third-order valence-corrected chi connectivity index (χ3v) is 3.29. The van der Waals surface area contributed by atoms with Crippen molar-refractivity contribution in [1.82, 2.24) is 34.5 Å². The highest BCUT2D eigenvalue weighted by Gasteiger charge is 2.13. The first-order chi connectivity index (χ1) is 11.5. The molecule has 2 N–H and O–H groups in total. The molecule has 3 rings (SSSR count). The van der Waals surface area contributed by atoms with Gasteiger partial charge in [0.15, 0.2) is 11.3 Å². The number of rotatable bonds is 6. The normalized spacial score (nSPS) is 11.2. The topological polar surface area (TPSA) is 105 Å². The summed E-state index contributed by atoms with van der Waals surface area (Å²) in [7, 11) is 5.74. The SMILES string of the molecule is CN(C)CCNc1ccn2nc(NC(=O)c3cn(C)nn3)nc2c1. The van der Waals surface area contributed by atoms with E-state index in [2.05, 4.69) is 35.9 Å². The number of likely N-dealkylation sites (N-methyl/N-ethyl adjacent to an activating group) is 1. The van der Waals surface area contributed by atoms with Gasteiger partial charge in [0.1, 0.15) is 0 Å². The maximum Gasteiger partial charge on any atom is 0.280 e. The minimum Gasteiger partial charge on any atom is -0.384 e. The lowest BCUT2D eigenvalue weighted by Crippen LogP contribution is -2.20. The molecule has 3 aromatic heterocycles. The fourth-order valence-corrected chi connectivity index (χ4v) is 2.09. The molecule has 0 aliphatic carbocycles. The number of nitrogens with one attached hydrogen (secondary N) is 2. The van der Waals surface area contributed by atoms with Gasteiger partial charge in [-0.15, -0.1) is 10.2 Å². The second-order valence-electron chi connectivity index (χ2n) is 5.62. The average molecular weight is 329 g/mol. The highest BCUT2D eigenvalue weighted by atomic mass is 16.2. The largest absolute Gasteiger partial charge is 0.384 e. The van der Waals surface area contributed by atoms with Gasteiger partial charge in [-0.2, -0.15) is 4.98 Å². The number of carbonyl (C=O) groups excluding carboxylic acids is 1. The molecule has 0 aromatic carbocycles. The van der Waals surface area contributed by atoms with Crippen LogP contribution in [0.25, 0.3) is 5.65 Å². The predicted octanol–water partition coefficient (Wildman–Crippen LogP) is 0.0836. The Labute approximate surface area is 138 Å². The van der Waals surface area contributed by atoms with E-state index >= 15 is 0 Å². The molecule has 0 saturated heterocycles. The molecule has 0 spiro atoms. The van der Waals surface area contributed by atoms with Gasteiger partial charge in [0.25, 0.3) is 5.91 Å². The van der Waals surface area contributed by atoms with Gasteiger partial charge in [-0.3, -0.25) is 14.8 Å². The number of fused-ring (bicyclic) bond motifs is 1. The van der Waals surface area contributed by atoms with E-state index < -0.39 is 5.91 Å². The van der Waals surface area contributed by atoms with E-state index in [-0.39, 0.29) is 11.6 Å². The summed E-state index contributed by atoms with van der Waals surface area (Å²) < 4.78 is 3.06. The van der Waals surface area contributed by atoms with E-state index in [4.69, 9.17) is 0 Å². The summed E-state index contributed by atoms with van der Waals surface area (Å²) in [5.74, 6) is -0.181. The van der Waals surface area contributed by atoms with Gasteiger partial charge >= 0.3 is 0 Å². The highest BCUT2D eigenvalue weighted by molar-refractivity contribution is 6.01. The Bertz CT molecular complexity index is 851. The molecule has 0 saturated carbocycles. The zero-order chi connectivity index (χ0) is 17.1. The summed E-state index contributed by atoms with van der Waals surface area (Å²) >= 11 is 0. The Morgan fingerprint density at radius 1 is 1.38 bits per heavy atom. The number of anilines is 2. The molecular weight excluding hydrogens is 310 g/mol. The molecule has 0 fully saturated rings. The predicted molar refractivity (Wildman–Crippen MR) is 89.0 cm³/mol. The number of carbonyl (C=O) groups is 1. The van der Waals surface area contributed by atoms with E-state index in [1.165, 1.54) is 10.9 Å². The Morgan fingerprint density at radius 2 is 2.21 bits per heavy atom. The number of aromatic nitrogens is 6. The lowest BCUT2D eigenvalue weighted by molar-refractivity contribution is 0.102. The molecule has 126 valence electrons. The minimum atomic E-state index is -0.400. The number of pyridine rings is 1. The zero-order valence-electron chi connectivity index (χ0n) is 13.8. The van der Waals surface area contributed by atoms with Crippen molar-refractivity contribution in [2.45, 2.75) is 0 Å². The fraction of sp³-hybridized carbons (Fsp3) is 0.357. The zero-order valence-corrected chi connectivity index (χ0v) is 13.8. The van der Waals surface area contributed by atoms with Crippen molar-refractivity contribution in [1.29, 1.82) is 0 Å². The summed E-state index contributed by atoms with van der Waals surface area (Å²) in [6.07, 6.45) is 3.32. The minimum absolute atomic E-state index is 0.211. The van der Waals surface area contributed by atoms with Crippen molar-refractivity contribution < 1.29 is 4.79 Å². The molecule has 0 aliphatic heterocycles. The third-order valence-electron chi connectivity index (χ3n) is 3.29. The van der Waals surface area contributed by atoms with Crippen LogP contribution in [0.5, 0.6) is 0 Å². The lowest BCUT2D eigenvalue weighted by Gasteiger charge is -2.11. The molecule has 10 nitrogen and oxygen atoms in total. The van der Waals surface area contributed by atoms with Gasteiger partial charge in [-0.25, -0.2) is 4.52 Å². The number of hydrogen-bond donors (Lipinski definition) is 2. The molecule has 0 unspecified atom stereocenters. The Morgan fingerprint density at radius 3 is 2.92 bits per heavy atom. The van der Waals surface area contributed by atoms with Crippen LogP contribution in [0.4, 0.5) is 11.6 Å². The van der Waals surface area contributed by atoms with Crippen molar-refractivity contribution in [3.8, 4) is 0 Å². The van der Waals surface area contributed by atoms with E-state index in [1.807, 2.05) is 26.2 Å². The van der Waals surface area contributed by atoms with Gasteiger partial charge in [0.2, 0.25) is 5.95 Å². The monoisotopic (exact) mass is 329 g/mol. The second kappa shape index (κ2) is 6.62. The highest BCUT2D eigenvalue weighted by Crippen LogP contribution is 2.12. The first kappa shape index (κ1) is 15.9. The summed E-state index contributed by atoms with van der Waals surface area (Å²) in [4.78, 5) is 18.4. The van der Waals surface area contributed by atoms with Gasteiger partial charge in [-0.1, -0.05) is 5.21 Å². The number of nitrogens with zero attached hydrogens (tertiary/aromatic N) is 7. The Kier molecular flexibility index (Phi) is 4.38. The van der Waals surface area contributed by atoms with E-state index in [9.17, 15) is 4.79 Å². The van der Waals surface area contributed by atoms with Crippen LogP contribution in [0.1, 0.15) is 10.5 Å². The van der Waals surface area contributed by atoms with Crippen molar-refractivity contribution in [3.05, 3.63) is 30.2 Å². The van der Waals surface area contributed by atoms with E-state index in [0.29, 0.717) is 5.65 Å². The first-order valence-electron chi connectivity index (χ1n) is 7.44. The number of aryl methyl sites for hydroxylation is 1. The summed E-state index contributed by atoms with van der Waals surface area (Å²) in [6, 6.07) is 3.78. The fourth-order valence-electron chi connectivity index (χ4n) is 2.09. The molecule has 3 aromatic rings. The van der Waals surface area contributed by atoms with Crippen molar-refractivity contribution in [2.24, 2.45) is 7.05 Å². The number of hydrogen-bond acceptors (Lipinski definition) is 7. The van der Waals surface area contributed by atoms with Crippen LogP contribution in [-0.2, 0) is 7.05 Å². The molecular formula is C14H19N9O. The quantitative estimate of drug-likeness (QED) is 0.660. The maximum atomic E-state index is 12.0. The molecule has 1 amide bonds. The van der Waals surface area contributed by atoms with Gasteiger partial charge in [-0.05, 0) is 20.2 Å². The average Bonchev–Trinajstić information content (AvgIpc) is 3.12. The molecule has 0 atom stereocenters. The standard InChI is InChI=1S/C14H19N9O/c1-21(2)7-5-15-10-4-6-23-12(8-10)16-14(19-23)17-13(24)11-9-22(3)20-18-11/h4,6,8-9,15H,5,7H2,1-3H3,(H,17,19,24). The van der Waals surface area contributed by atoms with Crippen LogP contribution in [0.3, 0.4) is 0 Å². The van der Waals surface area contributed by atoms with Crippen LogP contribution in [0, 0.1) is 0 Å². The van der Waals surface area contributed by atoms with Crippen LogP contribution < -0.4 is 10.6 Å². The summed E-state index contributed by atoms with van der Waals surface area (Å²) in [6.45, 7) is 1.75. The lowest BCUT2D eigenvalue weighted by atomic mass is 10.4. The van der Waals surface area contributed by atoms with E-state index in [0.717, 1.165) is 18.8 Å². The molecule has 24 heavy (non-hydrogen) atoms. The first-order valence-corrected chi connectivity index (χ1v) is 7.44. The van der Waals surface area contributed by atoms with Crippen LogP contribution in [-0.4, -0.2) is 67.6 Å². The molecule has 0 aliphatic rings. The van der Waals surface area contributed by atoms with Crippen molar-refractivity contribution >= 4 is 23.2 Å². The van der Waals surface area contributed by atoms with Crippen LogP contribution in [0.2, 0.25) is 0 Å².